The molecule has 9 N–H and O–H groups in total. The number of H-pyrrole nitrogens is 3. The predicted molar refractivity (Wildman–Crippen MR) is 425 cm³/mol. The molecule has 4 aliphatic rings. The molecule has 566 valence electrons. The van der Waals surface area contributed by atoms with Crippen molar-refractivity contribution in [1.82, 2.24) is 80.5 Å². The maximum atomic E-state index is 11.1. The number of pyridine rings is 4. The minimum Gasteiger partial charge on any atom is -0.478 e. The number of benzene rings is 4. The highest BCUT2D eigenvalue weighted by Crippen LogP contribution is 2.37. The molecule has 0 spiro atoms. The van der Waals surface area contributed by atoms with Crippen LogP contribution >= 0.6 is 0 Å². The maximum absolute atomic E-state index is 11.1. The third-order valence-corrected chi connectivity index (χ3v) is 20.9. The summed E-state index contributed by atoms with van der Waals surface area (Å²) in [6.07, 6.45) is 30.2. The van der Waals surface area contributed by atoms with Crippen molar-refractivity contribution in [3.05, 3.63) is 238 Å². The van der Waals surface area contributed by atoms with Crippen molar-refractivity contribution in [2.75, 3.05) is 52.5 Å². The summed E-state index contributed by atoms with van der Waals surface area (Å²) in [5.41, 5.74) is 22.4. The van der Waals surface area contributed by atoms with Gasteiger partial charge < -0.3 is 46.0 Å². The van der Waals surface area contributed by atoms with E-state index in [0.717, 1.165) is 206 Å². The number of amides is 1. The van der Waals surface area contributed by atoms with Crippen LogP contribution in [0.25, 0.3) is 33.1 Å². The van der Waals surface area contributed by atoms with E-state index in [4.69, 9.17) is 45.5 Å². The van der Waals surface area contributed by atoms with Gasteiger partial charge in [-0.1, -0.05) is 60.7 Å². The van der Waals surface area contributed by atoms with Crippen molar-refractivity contribution in [2.45, 2.75) is 179 Å². The number of aromatic carboxylic acids is 1. The monoisotopic (exact) mass is 1460 g/mol. The average Bonchev–Trinajstić information content (AvgIpc) is 0.846. The molecule has 0 fully saturated rings. The number of carboxylic acids is 1. The molecular weight excluding hydrogens is 1350 g/mol. The van der Waals surface area contributed by atoms with E-state index in [1.165, 1.54) is 83.6 Å². The van der Waals surface area contributed by atoms with Gasteiger partial charge >= 0.3 is 5.97 Å². The van der Waals surface area contributed by atoms with E-state index in [1.54, 1.807) is 31.2 Å². The molecule has 4 aliphatic carbocycles. The first kappa shape index (κ1) is 77.7. The van der Waals surface area contributed by atoms with Crippen LogP contribution in [-0.2, 0) is 54.9 Å². The minimum absolute atomic E-state index is 0.0366. The third-order valence-electron chi connectivity index (χ3n) is 20.9. The number of rotatable bonds is 32. The van der Waals surface area contributed by atoms with Gasteiger partial charge in [-0.3, -0.25) is 44.7 Å². The molecule has 15 rings (SSSR count). The lowest BCUT2D eigenvalue weighted by atomic mass is 9.90. The molecule has 0 bridgehead atoms. The summed E-state index contributed by atoms with van der Waals surface area (Å²) >= 11 is 0. The molecule has 22 heteroatoms. The number of para-hydroxylation sites is 6. The van der Waals surface area contributed by atoms with Crippen molar-refractivity contribution < 1.29 is 24.2 Å². The van der Waals surface area contributed by atoms with Crippen LogP contribution in [0, 0.1) is 0 Å². The van der Waals surface area contributed by atoms with Gasteiger partial charge in [0.05, 0.1) is 99.2 Å². The predicted octanol–water partition coefficient (Wildman–Crippen LogP) is 14.3. The smallest absolute Gasteiger partial charge is 0.335 e. The van der Waals surface area contributed by atoms with Gasteiger partial charge in [0.1, 0.15) is 36.2 Å². The molecule has 1 amide bonds. The lowest BCUT2D eigenvalue weighted by Crippen LogP contribution is -2.33. The molecular formula is C86H107N17O5. The van der Waals surface area contributed by atoms with Gasteiger partial charge in [-0.2, -0.15) is 0 Å². The van der Waals surface area contributed by atoms with E-state index in [9.17, 15) is 14.4 Å². The van der Waals surface area contributed by atoms with Gasteiger partial charge in [-0.05, 0) is 268 Å². The van der Waals surface area contributed by atoms with Crippen molar-refractivity contribution in [3.63, 3.8) is 0 Å². The van der Waals surface area contributed by atoms with E-state index >= 15 is 0 Å². The third kappa shape index (κ3) is 22.1. The molecule has 0 unspecified atom stereocenters. The van der Waals surface area contributed by atoms with Crippen molar-refractivity contribution in [1.29, 1.82) is 0 Å². The number of carbonyl (C=O) groups is 3. The Morgan fingerprint density at radius 3 is 1.35 bits per heavy atom. The van der Waals surface area contributed by atoms with E-state index < -0.39 is 5.97 Å². The first-order valence-electron chi connectivity index (χ1n) is 39.2. The number of nitrogens with two attached hydrogens (primary N) is 1. The number of hydrogen-bond acceptors (Lipinski definition) is 17. The fourth-order valence-corrected chi connectivity index (χ4v) is 15.6. The zero-order valence-corrected chi connectivity index (χ0v) is 62.6. The Hall–Kier alpha value is -9.94. The van der Waals surface area contributed by atoms with Crippen LogP contribution in [0.5, 0.6) is 5.75 Å². The highest BCUT2D eigenvalue weighted by molar-refractivity contribution is 5.87. The summed E-state index contributed by atoms with van der Waals surface area (Å²) in [7, 11) is 0. The van der Waals surface area contributed by atoms with Gasteiger partial charge in [0.2, 0.25) is 5.91 Å². The van der Waals surface area contributed by atoms with Gasteiger partial charge in [0.25, 0.3) is 0 Å². The largest absolute Gasteiger partial charge is 0.478 e. The number of aromatic nitrogens is 10. The molecule has 7 aromatic heterocycles. The molecule has 22 nitrogen and oxygen atoms in total. The summed E-state index contributed by atoms with van der Waals surface area (Å²) in [5, 5.41) is 18.8. The summed E-state index contributed by atoms with van der Waals surface area (Å²) in [6.45, 7) is 10.4. The van der Waals surface area contributed by atoms with Crippen LogP contribution in [0.3, 0.4) is 0 Å². The van der Waals surface area contributed by atoms with Crippen LogP contribution in [0.15, 0.2) is 170 Å². The minimum atomic E-state index is -0.938. The Balaban J connectivity index is 0.000000139. The SMILES string of the molecule is CC(=O)NCCCCN(Cc1nc2ccccc2[nH]1)[C@H]1CCCc2cccnc21.NCCCCN[C@H]1CCCc2cccnc21.O=C(O)c1ccc(OCNCCCCN(Cc2nc3ccccc3[nH]2)[C@H]2CCCc3cccnc32)cc1.O=CCCCN(Cc1nc2ccccc2[nH]1)[C@H]1CCCc2cccnc21. The summed E-state index contributed by atoms with van der Waals surface area (Å²) in [6, 6.07) is 49.2. The number of carboxylic acid groups (broad SMARTS) is 1. The van der Waals surface area contributed by atoms with Gasteiger partial charge in [0, 0.05) is 50.7 Å². The molecule has 108 heavy (non-hydrogen) atoms. The second-order valence-electron chi connectivity index (χ2n) is 28.6. The summed E-state index contributed by atoms with van der Waals surface area (Å²) in [4.78, 5) is 83.9. The molecule has 0 saturated heterocycles. The summed E-state index contributed by atoms with van der Waals surface area (Å²) < 4.78 is 5.68. The Kier molecular flexibility index (Phi) is 29.4. The van der Waals surface area contributed by atoms with Gasteiger partial charge in [-0.15, -0.1) is 0 Å². The van der Waals surface area contributed by atoms with E-state index in [1.807, 2.05) is 104 Å². The summed E-state index contributed by atoms with van der Waals surface area (Å²) in [5.74, 6) is 2.71. The molecule has 0 radical (unpaired) electrons. The topological polar surface area (TPSA) is 290 Å². The number of carbonyl (C=O) groups excluding carboxylic acids is 2. The number of aldehydes is 1. The van der Waals surface area contributed by atoms with E-state index in [0.29, 0.717) is 43.1 Å². The fraction of sp³-hybridized carbons (Fsp3) is 0.419. The van der Waals surface area contributed by atoms with Gasteiger partial charge in [-0.25, -0.2) is 19.7 Å². The maximum Gasteiger partial charge on any atom is 0.335 e. The van der Waals surface area contributed by atoms with E-state index in [-0.39, 0.29) is 11.5 Å². The van der Waals surface area contributed by atoms with Gasteiger partial charge in [0.15, 0.2) is 0 Å². The Morgan fingerprint density at radius 2 is 0.917 bits per heavy atom. The lowest BCUT2D eigenvalue weighted by Gasteiger charge is -2.34. The van der Waals surface area contributed by atoms with Crippen molar-refractivity contribution in [2.24, 2.45) is 5.73 Å². The van der Waals surface area contributed by atoms with E-state index in [2.05, 4.69) is 93.1 Å². The number of nitrogens with zero attached hydrogens (tertiary/aromatic N) is 10. The van der Waals surface area contributed by atoms with Crippen LogP contribution in [0.2, 0.25) is 0 Å². The molecule has 4 atom stereocenters. The second-order valence-corrected chi connectivity index (χ2v) is 28.6. The number of aryl methyl sites for hydroxylation is 4. The highest BCUT2D eigenvalue weighted by atomic mass is 16.5. The number of ether oxygens (including phenoxy) is 1. The van der Waals surface area contributed by atoms with Crippen LogP contribution in [0.4, 0.5) is 0 Å². The van der Waals surface area contributed by atoms with Crippen LogP contribution < -0.4 is 26.4 Å². The Morgan fingerprint density at radius 1 is 0.500 bits per heavy atom. The van der Waals surface area contributed by atoms with Crippen molar-refractivity contribution >= 4 is 51.3 Å². The highest BCUT2D eigenvalue weighted by Gasteiger charge is 2.31. The second kappa shape index (κ2) is 40.9. The molecule has 4 aromatic carbocycles. The van der Waals surface area contributed by atoms with Crippen molar-refractivity contribution in [3.8, 4) is 5.75 Å². The molecule has 11 aromatic rings. The first-order chi connectivity index (χ1) is 53.1. The Labute approximate surface area is 634 Å². The number of imidazole rings is 3. The normalized spacial score (nSPS) is 16.4. The van der Waals surface area contributed by atoms with Crippen LogP contribution in [0.1, 0.15) is 207 Å². The average molecular weight is 1460 g/mol. The molecule has 0 aliphatic heterocycles. The standard InChI is InChI=1S/C29H33N5O3.C23H29N5O.C21H24N4O.C13H21N3/c35-29(36)22-12-14-23(15-13-22)37-20-30-16-3-4-18-34(19-27-32-24-9-1-2-10-25(24)33-27)26-11-5-7-21-8-6-17-31-28(21)26;1-17(29)24-13-4-5-15-28(16-22-26-19-10-2-3-11-20(19)27-22)21-12-6-8-18-9-7-14-25-23(18)21;26-14-4-3-13-25(15-20-23-17-9-1-2-10-18(17)24-20)19-11-5-7-16-8-6-12-22-21(16)19;14-8-1-2-9-15-12-7-3-5-11-6-4-10-16-13(11)12/h1-2,6,8-10,12-15,17,26,30H,3-5,7,11,16,18-20H2,(H,32,33)(H,35,36);2-3,7,9-11,14,21H,4-6,8,12-13,15-16H2,1H3,(H,24,29)(H,26,27);1-2,6,8-10,12,14,19H,3-5,7,11,13,15H2,(H,23,24);4,6,10,12,15H,1-3,5,7-9,14H2/t26-;21-;19-;12-/m0000/s1. The number of hydrogen-bond donors (Lipinski definition) is 8. The number of aromatic amines is 3. The molecule has 0 saturated carbocycles. The fourth-order valence-electron chi connectivity index (χ4n) is 15.6. The molecule has 7 heterocycles. The van der Waals surface area contributed by atoms with Crippen LogP contribution in [-0.4, -0.2) is 140 Å². The Bertz CT molecular complexity index is 4500. The zero-order valence-electron chi connectivity index (χ0n) is 62.6. The zero-order chi connectivity index (χ0) is 74.5. The first-order valence-corrected chi connectivity index (χ1v) is 39.2. The lowest BCUT2D eigenvalue weighted by molar-refractivity contribution is -0.119. The number of fused-ring (bicyclic) bond motifs is 7. The quantitative estimate of drug-likeness (QED) is 0.0110. The number of unbranched alkanes of at least 4 members (excludes halogenated alkanes) is 4. The number of nitrogens with one attached hydrogen (secondary N) is 6.